The van der Waals surface area contributed by atoms with E-state index in [1.54, 1.807) is 12.3 Å². The first-order valence-electron chi connectivity index (χ1n) is 3.29. The van der Waals surface area contributed by atoms with Crippen LogP contribution in [-0.2, 0) is 15.5 Å². The van der Waals surface area contributed by atoms with Crippen molar-refractivity contribution in [3.8, 4) is 0 Å². The number of nitrogens with zero attached hydrogens (tertiary/aromatic N) is 1. The molecule has 1 atom stereocenters. The summed E-state index contributed by atoms with van der Waals surface area (Å²) in [6, 6.07) is 3.59. The molecule has 0 aliphatic carbocycles. The van der Waals surface area contributed by atoms with Crippen LogP contribution in [0, 0.1) is 4.78 Å². The molecule has 0 aliphatic heterocycles. The van der Waals surface area contributed by atoms with E-state index in [1.807, 2.05) is 6.07 Å². The molecule has 66 valence electrons. The highest BCUT2D eigenvalue weighted by Gasteiger charge is 2.01. The van der Waals surface area contributed by atoms with Gasteiger partial charge in [0.05, 0.1) is 11.4 Å². The Morgan fingerprint density at radius 2 is 2.33 bits per heavy atom. The third kappa shape index (κ3) is 3.32. The molecule has 0 aliphatic rings. The third-order valence-corrected chi connectivity index (χ3v) is 2.53. The first-order chi connectivity index (χ1) is 5.47. The predicted octanol–water partition coefficient (Wildman–Crippen LogP) is 2.02. The van der Waals surface area contributed by atoms with Gasteiger partial charge in [0, 0.05) is 26.7 Å². The number of nitrogens with one attached hydrogen (secondary N) is 1. The monoisotopic (exact) mass is 248 g/mol. The van der Waals surface area contributed by atoms with Gasteiger partial charge in [0.2, 0.25) is 0 Å². The molecule has 0 bridgehead atoms. The van der Waals surface area contributed by atoms with Crippen LogP contribution in [0.15, 0.2) is 22.8 Å². The van der Waals surface area contributed by atoms with Crippen molar-refractivity contribution in [2.45, 2.75) is 5.75 Å². The molecule has 0 saturated carbocycles. The number of hydrogen-bond donors (Lipinski definition) is 1. The van der Waals surface area contributed by atoms with Crippen molar-refractivity contribution < 1.29 is 4.21 Å². The zero-order chi connectivity index (χ0) is 9.19. The molecule has 1 aromatic rings. The molecule has 1 heterocycles. The van der Waals surface area contributed by atoms with Gasteiger partial charge in [0.25, 0.3) is 0 Å². The largest absolute Gasteiger partial charge is 0.259 e. The predicted molar refractivity (Wildman–Crippen MR) is 52.4 cm³/mol. The van der Waals surface area contributed by atoms with E-state index in [2.05, 4.69) is 20.9 Å². The minimum atomic E-state index is -2.47. The van der Waals surface area contributed by atoms with E-state index in [4.69, 9.17) is 4.78 Å². The highest BCUT2D eigenvalue weighted by molar-refractivity contribution is 9.10. The molecule has 5 heteroatoms. The van der Waals surface area contributed by atoms with Gasteiger partial charge in [-0.1, -0.05) is 0 Å². The Hall–Kier alpha value is -0.420. The van der Waals surface area contributed by atoms with Crippen LogP contribution in [0.2, 0.25) is 0 Å². The number of halogens is 1. The van der Waals surface area contributed by atoms with E-state index in [0.717, 1.165) is 4.47 Å². The van der Waals surface area contributed by atoms with Crippen molar-refractivity contribution >= 4 is 25.7 Å². The summed E-state index contributed by atoms with van der Waals surface area (Å²) in [6.07, 6.45) is 3.05. The highest BCUT2D eigenvalue weighted by atomic mass is 79.9. The van der Waals surface area contributed by atoms with Crippen molar-refractivity contribution in [2.75, 3.05) is 6.26 Å². The van der Waals surface area contributed by atoms with Crippen molar-refractivity contribution in [1.82, 2.24) is 4.98 Å². The zero-order valence-electron chi connectivity index (χ0n) is 6.58. The van der Waals surface area contributed by atoms with E-state index < -0.39 is 9.73 Å². The average molecular weight is 249 g/mol. The van der Waals surface area contributed by atoms with E-state index >= 15 is 0 Å². The lowest BCUT2D eigenvalue weighted by Crippen LogP contribution is -2.00. The molecule has 0 spiro atoms. The van der Waals surface area contributed by atoms with Gasteiger partial charge in [0.1, 0.15) is 0 Å². The summed E-state index contributed by atoms with van der Waals surface area (Å²) >= 11 is 3.24. The van der Waals surface area contributed by atoms with Gasteiger partial charge in [-0.05, 0) is 28.1 Å². The van der Waals surface area contributed by atoms with Crippen LogP contribution in [0.4, 0.5) is 0 Å². The lowest BCUT2D eigenvalue weighted by Gasteiger charge is -1.99. The summed E-state index contributed by atoms with van der Waals surface area (Å²) in [7, 11) is -2.47. The van der Waals surface area contributed by atoms with Gasteiger partial charge < -0.3 is 0 Å². The van der Waals surface area contributed by atoms with Crippen LogP contribution >= 0.6 is 15.9 Å². The number of hydrogen-bond acceptors (Lipinski definition) is 3. The molecule has 0 radical (unpaired) electrons. The number of rotatable bonds is 2. The van der Waals surface area contributed by atoms with E-state index in [9.17, 15) is 4.21 Å². The fourth-order valence-corrected chi connectivity index (χ4v) is 1.74. The molecule has 0 saturated heterocycles. The van der Waals surface area contributed by atoms with Crippen LogP contribution in [0.3, 0.4) is 0 Å². The second kappa shape index (κ2) is 3.53. The minimum Gasteiger partial charge on any atom is -0.259 e. The second-order valence-electron chi connectivity index (χ2n) is 2.62. The lowest BCUT2D eigenvalue weighted by molar-refractivity contribution is 0.678. The summed E-state index contributed by atoms with van der Waals surface area (Å²) in [5, 5.41) is 0. The number of aromatic nitrogens is 1. The van der Waals surface area contributed by atoms with E-state index in [0.29, 0.717) is 5.69 Å². The summed E-state index contributed by atoms with van der Waals surface area (Å²) < 4.78 is 19.1. The maximum Gasteiger partial charge on any atom is 0.0736 e. The lowest BCUT2D eigenvalue weighted by atomic mass is 10.4. The van der Waals surface area contributed by atoms with Gasteiger partial charge in [0.15, 0.2) is 0 Å². The summed E-state index contributed by atoms with van der Waals surface area (Å²) in [5.74, 6) is 0.222. The standard InChI is InChI=1S/C7H9BrN2OS/c1-12(9,11)5-7-3-2-6(8)4-10-7/h2-4,9H,5H2,1H3/t12-/m0/s1. The first-order valence-corrected chi connectivity index (χ1v) is 6.22. The molecular weight excluding hydrogens is 240 g/mol. The average Bonchev–Trinajstić information content (AvgIpc) is 1.91. The number of pyridine rings is 1. The van der Waals surface area contributed by atoms with Crippen LogP contribution in [-0.4, -0.2) is 15.4 Å². The Morgan fingerprint density at radius 1 is 1.67 bits per heavy atom. The van der Waals surface area contributed by atoms with Crippen LogP contribution < -0.4 is 0 Å². The second-order valence-corrected chi connectivity index (χ2v) is 5.83. The van der Waals surface area contributed by atoms with Crippen LogP contribution in [0.25, 0.3) is 0 Å². The molecule has 1 rings (SSSR count). The third-order valence-electron chi connectivity index (χ3n) is 1.21. The summed E-state index contributed by atoms with van der Waals surface area (Å²) in [4.78, 5) is 4.02. The van der Waals surface area contributed by atoms with Crippen LogP contribution in [0.5, 0.6) is 0 Å². The fourth-order valence-electron chi connectivity index (χ4n) is 0.774. The first kappa shape index (κ1) is 9.67. The Balaban J connectivity index is 2.85. The molecule has 0 fully saturated rings. The van der Waals surface area contributed by atoms with Gasteiger partial charge in [-0.25, -0.2) is 4.21 Å². The SMILES string of the molecule is C[S@](=N)(=O)Cc1ccc(Br)cn1. The molecule has 1 aromatic heterocycles. The molecule has 3 nitrogen and oxygen atoms in total. The molecule has 0 aromatic carbocycles. The van der Waals surface area contributed by atoms with Crippen LogP contribution in [0.1, 0.15) is 5.69 Å². The Morgan fingerprint density at radius 3 is 2.75 bits per heavy atom. The minimum absolute atomic E-state index is 0.222. The Kier molecular flexibility index (Phi) is 2.85. The molecule has 0 unspecified atom stereocenters. The smallest absolute Gasteiger partial charge is 0.0736 e. The van der Waals surface area contributed by atoms with E-state index in [-0.39, 0.29) is 5.75 Å². The fraction of sp³-hybridized carbons (Fsp3) is 0.286. The van der Waals surface area contributed by atoms with Gasteiger partial charge in [-0.15, -0.1) is 0 Å². The quantitative estimate of drug-likeness (QED) is 0.871. The van der Waals surface area contributed by atoms with Crippen molar-refractivity contribution in [1.29, 1.82) is 4.78 Å². The van der Waals surface area contributed by atoms with Crippen molar-refractivity contribution in [3.05, 3.63) is 28.5 Å². The normalized spacial score (nSPS) is 15.5. The maximum absolute atomic E-state index is 11.1. The Bertz CT molecular complexity index is 357. The van der Waals surface area contributed by atoms with Gasteiger partial charge >= 0.3 is 0 Å². The molecule has 12 heavy (non-hydrogen) atoms. The summed E-state index contributed by atoms with van der Waals surface area (Å²) in [5.41, 5.74) is 0.695. The topological polar surface area (TPSA) is 53.8 Å². The van der Waals surface area contributed by atoms with Crippen molar-refractivity contribution in [2.24, 2.45) is 0 Å². The zero-order valence-corrected chi connectivity index (χ0v) is 8.98. The van der Waals surface area contributed by atoms with Crippen molar-refractivity contribution in [3.63, 3.8) is 0 Å². The van der Waals surface area contributed by atoms with Gasteiger partial charge in [-0.2, -0.15) is 0 Å². The van der Waals surface area contributed by atoms with Gasteiger partial charge in [-0.3, -0.25) is 9.76 Å². The Labute approximate surface area is 80.3 Å². The summed E-state index contributed by atoms with van der Waals surface area (Å²) in [6.45, 7) is 0. The highest BCUT2D eigenvalue weighted by Crippen LogP contribution is 2.09. The van der Waals surface area contributed by atoms with E-state index in [1.165, 1.54) is 6.26 Å². The maximum atomic E-state index is 11.1. The molecule has 1 N–H and O–H groups in total. The molecule has 0 amide bonds. The molecular formula is C7H9BrN2OS.